The number of hydrogen-bond donors (Lipinski definition) is 2. The molecular weight excluding hydrogens is 535 g/mol. The number of rotatable bonds is 4. The second-order valence-corrected chi connectivity index (χ2v) is 13.7. The summed E-state index contributed by atoms with van der Waals surface area (Å²) < 4.78 is 14.2. The van der Waals surface area contributed by atoms with Crippen molar-refractivity contribution in [3.05, 3.63) is 59.0 Å². The zero-order valence-corrected chi connectivity index (χ0v) is 24.4. The summed E-state index contributed by atoms with van der Waals surface area (Å²) in [5, 5.41) is 11.1. The lowest BCUT2D eigenvalue weighted by Crippen LogP contribution is -2.51. The number of fused-ring (bicyclic) bond motifs is 6. The number of H-pyrrole nitrogens is 1. The van der Waals surface area contributed by atoms with Crippen LogP contribution in [-0.4, -0.2) is 68.4 Å². The summed E-state index contributed by atoms with van der Waals surface area (Å²) >= 11 is 0. The molecule has 3 aliphatic heterocycles. The van der Waals surface area contributed by atoms with Gasteiger partial charge in [-0.2, -0.15) is 5.10 Å². The number of carbonyl (C=O) groups is 3. The molecule has 1 aromatic heterocycles. The maximum atomic E-state index is 14.2. The molecule has 2 fully saturated rings. The third-order valence-corrected chi connectivity index (χ3v) is 9.61. The zero-order chi connectivity index (χ0) is 29.4. The fourth-order valence-electron chi connectivity index (χ4n) is 7.47. The van der Waals surface area contributed by atoms with Crippen LogP contribution < -0.4 is 5.32 Å². The first kappa shape index (κ1) is 26.9. The maximum absolute atomic E-state index is 14.2. The quantitative estimate of drug-likeness (QED) is 0.460. The number of nitrogens with zero attached hydrogens (tertiary/aromatic N) is 4. The van der Waals surface area contributed by atoms with E-state index in [4.69, 9.17) is 0 Å². The van der Waals surface area contributed by atoms with Crippen LogP contribution in [0.4, 0.5) is 14.9 Å². The highest BCUT2D eigenvalue weighted by molar-refractivity contribution is 5.96. The molecule has 2 N–H and O–H groups in total. The van der Waals surface area contributed by atoms with E-state index >= 15 is 0 Å². The molecule has 4 aliphatic rings. The number of aromatic nitrogens is 2. The fourth-order valence-corrected chi connectivity index (χ4v) is 7.47. The van der Waals surface area contributed by atoms with E-state index in [1.165, 1.54) is 6.07 Å². The molecule has 9 nitrogen and oxygen atoms in total. The van der Waals surface area contributed by atoms with Gasteiger partial charge in [0, 0.05) is 56.5 Å². The second kappa shape index (κ2) is 9.54. The first-order valence-electron chi connectivity index (χ1n) is 14.9. The highest BCUT2D eigenvalue weighted by atomic mass is 19.1. The van der Waals surface area contributed by atoms with Gasteiger partial charge in [0.25, 0.3) is 0 Å². The van der Waals surface area contributed by atoms with Gasteiger partial charge in [-0.3, -0.25) is 14.7 Å². The summed E-state index contributed by atoms with van der Waals surface area (Å²) in [4.78, 5) is 46.4. The van der Waals surface area contributed by atoms with Gasteiger partial charge in [-0.25, -0.2) is 9.18 Å². The molecule has 3 aromatic rings. The van der Waals surface area contributed by atoms with Gasteiger partial charge in [0.1, 0.15) is 5.82 Å². The lowest BCUT2D eigenvalue weighted by Gasteiger charge is -2.41. The predicted molar refractivity (Wildman–Crippen MR) is 156 cm³/mol. The summed E-state index contributed by atoms with van der Waals surface area (Å²) in [6, 6.07) is 8.64. The molecule has 0 bridgehead atoms. The third-order valence-electron chi connectivity index (χ3n) is 9.61. The zero-order valence-electron chi connectivity index (χ0n) is 24.4. The number of anilines is 1. The molecule has 4 heterocycles. The molecule has 0 spiro atoms. The second-order valence-electron chi connectivity index (χ2n) is 13.7. The molecule has 10 heteroatoms. The van der Waals surface area contributed by atoms with E-state index in [2.05, 4.69) is 42.4 Å². The first-order valence-corrected chi connectivity index (χ1v) is 14.9. The number of para-hydroxylation sites is 1. The van der Waals surface area contributed by atoms with Crippen molar-refractivity contribution in [2.75, 3.05) is 25.0 Å². The Balaban J connectivity index is 1.08. The first-order chi connectivity index (χ1) is 20.0. The van der Waals surface area contributed by atoms with Gasteiger partial charge in [0.2, 0.25) is 11.8 Å². The highest BCUT2D eigenvalue weighted by Gasteiger charge is 2.64. The minimum atomic E-state index is -0.720. The van der Waals surface area contributed by atoms with Crippen LogP contribution in [-0.2, 0) is 22.7 Å². The summed E-state index contributed by atoms with van der Waals surface area (Å²) in [6.45, 7) is 8.93. The van der Waals surface area contributed by atoms with Gasteiger partial charge in [-0.15, -0.1) is 0 Å². The average Bonchev–Trinajstić information content (AvgIpc) is 3.47. The molecule has 0 radical (unpaired) electrons. The number of carbonyl (C=O) groups excluding carboxylic acids is 3. The molecule has 220 valence electrons. The van der Waals surface area contributed by atoms with E-state index in [1.807, 2.05) is 28.1 Å². The van der Waals surface area contributed by atoms with Gasteiger partial charge < -0.3 is 20.0 Å². The van der Waals surface area contributed by atoms with Crippen LogP contribution in [0.2, 0.25) is 0 Å². The molecule has 7 rings (SSSR count). The minimum Gasteiger partial charge on any atom is -0.343 e. The Hall–Kier alpha value is -3.95. The van der Waals surface area contributed by atoms with Crippen molar-refractivity contribution < 1.29 is 18.8 Å². The number of piperidine rings is 1. The Morgan fingerprint density at radius 3 is 2.67 bits per heavy atom. The number of hydrogen-bond acceptors (Lipinski definition) is 4. The van der Waals surface area contributed by atoms with Gasteiger partial charge >= 0.3 is 6.03 Å². The van der Waals surface area contributed by atoms with Crippen molar-refractivity contribution in [3.8, 4) is 0 Å². The Bertz CT molecular complexity index is 1600. The van der Waals surface area contributed by atoms with Gasteiger partial charge in [-0.1, -0.05) is 39.0 Å². The number of urea groups is 1. The van der Waals surface area contributed by atoms with Crippen molar-refractivity contribution in [3.63, 3.8) is 0 Å². The number of likely N-dealkylation sites (tertiary alicyclic amines) is 1. The van der Waals surface area contributed by atoms with Crippen LogP contribution in [0.25, 0.3) is 10.9 Å². The van der Waals surface area contributed by atoms with Crippen LogP contribution in [0.5, 0.6) is 0 Å². The molecule has 42 heavy (non-hydrogen) atoms. The van der Waals surface area contributed by atoms with Crippen LogP contribution in [0.15, 0.2) is 36.5 Å². The van der Waals surface area contributed by atoms with Crippen molar-refractivity contribution >= 4 is 34.4 Å². The summed E-state index contributed by atoms with van der Waals surface area (Å²) in [7, 11) is 0. The Labute approximate surface area is 244 Å². The van der Waals surface area contributed by atoms with E-state index < -0.39 is 11.2 Å². The van der Waals surface area contributed by atoms with E-state index in [1.54, 1.807) is 11.0 Å². The Morgan fingerprint density at radius 2 is 1.90 bits per heavy atom. The van der Waals surface area contributed by atoms with Crippen molar-refractivity contribution in [1.29, 1.82) is 0 Å². The monoisotopic (exact) mass is 572 g/mol. The molecule has 2 aromatic carbocycles. The highest BCUT2D eigenvalue weighted by Crippen LogP contribution is 2.65. The summed E-state index contributed by atoms with van der Waals surface area (Å²) in [6.07, 6.45) is 4.00. The largest absolute Gasteiger partial charge is 0.343 e. The normalized spacial score (nSPS) is 24.2. The summed E-state index contributed by atoms with van der Waals surface area (Å²) in [5.74, 6) is -0.328. The molecule has 1 saturated carbocycles. The van der Waals surface area contributed by atoms with Gasteiger partial charge in [0.05, 0.1) is 22.8 Å². The van der Waals surface area contributed by atoms with Crippen molar-refractivity contribution in [2.45, 2.75) is 71.5 Å². The van der Waals surface area contributed by atoms with Crippen LogP contribution in [0.3, 0.4) is 0 Å². The van der Waals surface area contributed by atoms with Crippen molar-refractivity contribution in [2.24, 2.45) is 10.8 Å². The van der Waals surface area contributed by atoms with E-state index in [0.29, 0.717) is 52.0 Å². The molecule has 1 aliphatic carbocycles. The summed E-state index contributed by atoms with van der Waals surface area (Å²) in [5.41, 5.74) is 3.46. The minimum absolute atomic E-state index is 0.00311. The molecule has 1 unspecified atom stereocenters. The lowest BCUT2D eigenvalue weighted by molar-refractivity contribution is -0.144. The molecular formula is C32H37FN6O3. The standard InChI is InChI=1S/C32H37FN6O3/c1-31(2,3)18-38-17-23-21(7-8-26-22(23)15-34-36-26)24-13-32(24,29(38)41)14-27(40)37-11-9-20(10-12-37)39-16-19-5-4-6-25(33)28(19)35-30(39)42/h4-8,15,20,24H,9-14,16-18H2,1-3H3,(H,34,36)(H,35,42)/t24-,32?/m1/s1. The molecule has 2 atom stereocenters. The number of benzene rings is 2. The molecule has 4 amide bonds. The van der Waals surface area contributed by atoms with E-state index in [9.17, 15) is 18.8 Å². The Morgan fingerprint density at radius 1 is 1.12 bits per heavy atom. The maximum Gasteiger partial charge on any atom is 0.322 e. The fraction of sp³-hybridized carbons (Fsp3) is 0.500. The van der Waals surface area contributed by atoms with Crippen LogP contribution in [0, 0.1) is 16.6 Å². The lowest BCUT2D eigenvalue weighted by atomic mass is 9.91. The van der Waals surface area contributed by atoms with E-state index in [0.717, 1.165) is 27.6 Å². The Kier molecular flexibility index (Phi) is 6.11. The number of nitrogens with one attached hydrogen (secondary N) is 2. The third kappa shape index (κ3) is 4.42. The number of halogens is 1. The molecule has 1 saturated heterocycles. The number of amides is 4. The average molecular weight is 573 g/mol. The number of aromatic amines is 1. The van der Waals surface area contributed by atoms with Crippen LogP contribution in [0.1, 0.15) is 69.1 Å². The topological polar surface area (TPSA) is 102 Å². The van der Waals surface area contributed by atoms with Crippen LogP contribution >= 0.6 is 0 Å². The van der Waals surface area contributed by atoms with Gasteiger partial charge in [0.15, 0.2) is 0 Å². The smallest absolute Gasteiger partial charge is 0.322 e. The van der Waals surface area contributed by atoms with Crippen molar-refractivity contribution in [1.82, 2.24) is 24.9 Å². The predicted octanol–water partition coefficient (Wildman–Crippen LogP) is 4.99. The SMILES string of the molecule is CC(C)(C)CN1Cc2c(ccc3[nH]ncc23)[C@H]2CC2(CC(=O)N2CCC(N3Cc4cccc(F)c4NC3=O)CC2)C1=O. The van der Waals surface area contributed by atoms with Gasteiger partial charge in [-0.05, 0) is 53.5 Å². The van der Waals surface area contributed by atoms with E-state index in [-0.39, 0.29) is 47.3 Å².